The number of nitrogens with zero attached hydrogens (tertiary/aromatic N) is 2. The Morgan fingerprint density at radius 1 is 0.762 bits per heavy atom. The molecule has 2 fully saturated rings. The Balaban J connectivity index is 0.000000231. The molecule has 4 rings (SSSR count). The van der Waals surface area contributed by atoms with Crippen molar-refractivity contribution in [1.82, 2.24) is 9.80 Å². The topological polar surface area (TPSA) is 134 Å². The molecule has 2 aliphatic rings. The molecule has 2 unspecified atom stereocenters. The molecule has 2 aromatic rings. The quantitative estimate of drug-likeness (QED) is 0.442. The van der Waals surface area contributed by atoms with Crippen LogP contribution in [0.3, 0.4) is 0 Å². The number of amides is 2. The molecule has 2 aliphatic heterocycles. The maximum atomic E-state index is 12.5. The van der Waals surface area contributed by atoms with E-state index in [-0.39, 0.29) is 29.0 Å². The second-order valence-electron chi connectivity index (χ2n) is 12.3. The van der Waals surface area contributed by atoms with Gasteiger partial charge in [-0.25, -0.2) is 18.0 Å². The number of hydrogen-bond acceptors (Lipinski definition) is 9. The summed E-state index contributed by atoms with van der Waals surface area (Å²) in [5, 5.41) is 18.2. The second-order valence-corrected chi connectivity index (χ2v) is 15.9. The molecular formula is C30H42N2O8S2. The van der Waals surface area contributed by atoms with Gasteiger partial charge in [-0.15, -0.1) is 11.8 Å². The number of rotatable bonds is 4. The highest BCUT2D eigenvalue weighted by Crippen LogP contribution is 2.31. The summed E-state index contributed by atoms with van der Waals surface area (Å²) in [5.74, 6) is 0.289. The molecule has 12 heteroatoms. The van der Waals surface area contributed by atoms with Crippen molar-refractivity contribution >= 4 is 33.8 Å². The van der Waals surface area contributed by atoms with E-state index in [0.717, 1.165) is 17.9 Å². The van der Waals surface area contributed by atoms with E-state index in [1.165, 1.54) is 29.2 Å². The Morgan fingerprint density at radius 2 is 1.21 bits per heavy atom. The average Bonchev–Trinajstić information content (AvgIpc) is 3.55. The lowest BCUT2D eigenvalue weighted by molar-refractivity contribution is 0.0285. The molecule has 0 spiro atoms. The minimum atomic E-state index is -3.53. The van der Waals surface area contributed by atoms with Crippen LogP contribution in [0.15, 0.2) is 58.3 Å². The minimum Gasteiger partial charge on any atom is -0.508 e. The zero-order valence-electron chi connectivity index (χ0n) is 25.1. The van der Waals surface area contributed by atoms with Gasteiger partial charge in [0.15, 0.2) is 9.84 Å². The lowest BCUT2D eigenvalue weighted by Crippen LogP contribution is -2.36. The van der Waals surface area contributed by atoms with Gasteiger partial charge >= 0.3 is 12.2 Å². The predicted octanol–water partition coefficient (Wildman–Crippen LogP) is 5.67. The molecule has 0 aliphatic carbocycles. The van der Waals surface area contributed by atoms with Crippen molar-refractivity contribution in [2.45, 2.75) is 85.9 Å². The maximum absolute atomic E-state index is 12.5. The largest absolute Gasteiger partial charge is 0.508 e. The Morgan fingerprint density at radius 3 is 1.71 bits per heavy atom. The van der Waals surface area contributed by atoms with Crippen molar-refractivity contribution in [3.8, 4) is 11.5 Å². The van der Waals surface area contributed by atoms with Gasteiger partial charge < -0.3 is 29.5 Å². The number of phenolic OH excluding ortho intramolecular Hbond substituents is 2. The number of phenols is 2. The van der Waals surface area contributed by atoms with E-state index in [0.29, 0.717) is 24.8 Å². The molecular weight excluding hydrogens is 580 g/mol. The Bertz CT molecular complexity index is 1320. The zero-order valence-corrected chi connectivity index (χ0v) is 26.7. The second kappa shape index (κ2) is 13.5. The first-order chi connectivity index (χ1) is 19.4. The Labute approximate surface area is 252 Å². The molecule has 2 atom stereocenters. The van der Waals surface area contributed by atoms with Crippen LogP contribution in [-0.4, -0.2) is 88.5 Å². The number of benzene rings is 2. The van der Waals surface area contributed by atoms with Crippen LogP contribution in [0.5, 0.6) is 11.5 Å². The van der Waals surface area contributed by atoms with Crippen LogP contribution in [0, 0.1) is 0 Å². The van der Waals surface area contributed by atoms with Crippen molar-refractivity contribution in [2.24, 2.45) is 0 Å². The third-order valence-electron chi connectivity index (χ3n) is 6.34. The molecule has 10 nitrogen and oxygen atoms in total. The zero-order chi connectivity index (χ0) is 31.3. The SMILES string of the molecule is CC(C)(C)OC(=O)N1CCC(S(=O)(=O)c2ccc(O)cc2)C1.CC(C)(C)OC(=O)N1CCC(Sc2ccc(O)cc2)C1. The summed E-state index contributed by atoms with van der Waals surface area (Å²) in [6, 6.07) is 12.6. The highest BCUT2D eigenvalue weighted by Gasteiger charge is 2.37. The van der Waals surface area contributed by atoms with Crippen LogP contribution >= 0.6 is 11.8 Å². The van der Waals surface area contributed by atoms with E-state index >= 15 is 0 Å². The number of sulfone groups is 1. The number of ether oxygens (including phenoxy) is 2. The molecule has 2 N–H and O–H groups in total. The highest BCUT2D eigenvalue weighted by molar-refractivity contribution is 8.00. The number of thioether (sulfide) groups is 1. The van der Waals surface area contributed by atoms with Gasteiger partial charge in [0, 0.05) is 36.3 Å². The Hall–Kier alpha value is -3.12. The lowest BCUT2D eigenvalue weighted by Gasteiger charge is -2.24. The van der Waals surface area contributed by atoms with Gasteiger partial charge in [0.1, 0.15) is 22.7 Å². The van der Waals surface area contributed by atoms with Crippen molar-refractivity contribution in [3.63, 3.8) is 0 Å². The van der Waals surface area contributed by atoms with Crippen LogP contribution in [0.2, 0.25) is 0 Å². The fourth-order valence-electron chi connectivity index (χ4n) is 4.34. The molecule has 0 radical (unpaired) electrons. The summed E-state index contributed by atoms with van der Waals surface area (Å²) in [5.41, 5.74) is -1.05. The van der Waals surface area contributed by atoms with Crippen LogP contribution in [0.4, 0.5) is 9.59 Å². The summed E-state index contributed by atoms with van der Waals surface area (Å²) < 4.78 is 35.7. The van der Waals surface area contributed by atoms with E-state index in [2.05, 4.69) is 0 Å². The first kappa shape index (κ1) is 33.4. The van der Waals surface area contributed by atoms with Gasteiger partial charge in [0.2, 0.25) is 0 Å². The summed E-state index contributed by atoms with van der Waals surface area (Å²) >= 11 is 1.74. The van der Waals surface area contributed by atoms with Crippen molar-refractivity contribution in [1.29, 1.82) is 0 Å². The summed E-state index contributed by atoms with van der Waals surface area (Å²) in [7, 11) is -3.53. The summed E-state index contributed by atoms with van der Waals surface area (Å²) in [6.45, 7) is 12.9. The van der Waals surface area contributed by atoms with E-state index < -0.39 is 32.4 Å². The third-order valence-corrected chi connectivity index (χ3v) is 9.79. The van der Waals surface area contributed by atoms with Gasteiger partial charge in [0.05, 0.1) is 10.1 Å². The molecule has 0 saturated carbocycles. The van der Waals surface area contributed by atoms with Crippen LogP contribution in [0.25, 0.3) is 0 Å². The molecule has 0 aromatic heterocycles. The number of aromatic hydroxyl groups is 2. The molecule has 2 heterocycles. The minimum absolute atomic E-state index is 0.0146. The molecule has 2 aromatic carbocycles. The molecule has 42 heavy (non-hydrogen) atoms. The molecule has 0 bridgehead atoms. The first-order valence-electron chi connectivity index (χ1n) is 13.9. The summed E-state index contributed by atoms with van der Waals surface area (Å²) in [6.07, 6.45) is 0.620. The van der Waals surface area contributed by atoms with E-state index in [9.17, 15) is 28.2 Å². The van der Waals surface area contributed by atoms with E-state index in [1.807, 2.05) is 32.9 Å². The number of carbonyl (C=O) groups is 2. The monoisotopic (exact) mass is 622 g/mol. The van der Waals surface area contributed by atoms with Crippen molar-refractivity contribution < 1.29 is 37.7 Å². The number of hydrogen-bond donors (Lipinski definition) is 2. The predicted molar refractivity (Wildman–Crippen MR) is 162 cm³/mol. The smallest absolute Gasteiger partial charge is 0.410 e. The first-order valence-corrected chi connectivity index (χ1v) is 16.3. The number of likely N-dealkylation sites (tertiary alicyclic amines) is 2. The van der Waals surface area contributed by atoms with Gasteiger partial charge in [-0.3, -0.25) is 0 Å². The normalized spacial score (nSPS) is 19.2. The molecule has 232 valence electrons. The van der Waals surface area contributed by atoms with Crippen molar-refractivity contribution in [2.75, 3.05) is 26.2 Å². The average molecular weight is 623 g/mol. The van der Waals surface area contributed by atoms with Gasteiger partial charge in [-0.05, 0) is 103 Å². The summed E-state index contributed by atoms with van der Waals surface area (Å²) in [4.78, 5) is 28.4. The highest BCUT2D eigenvalue weighted by atomic mass is 32.2. The molecule has 2 saturated heterocycles. The molecule has 2 amide bonds. The lowest BCUT2D eigenvalue weighted by atomic mass is 10.2. The third kappa shape index (κ3) is 10.0. The van der Waals surface area contributed by atoms with Crippen LogP contribution in [-0.2, 0) is 19.3 Å². The van der Waals surface area contributed by atoms with Gasteiger partial charge in [-0.1, -0.05) is 0 Å². The maximum Gasteiger partial charge on any atom is 0.410 e. The van der Waals surface area contributed by atoms with Gasteiger partial charge in [-0.2, -0.15) is 0 Å². The number of carbonyl (C=O) groups excluding carboxylic acids is 2. The van der Waals surface area contributed by atoms with E-state index in [4.69, 9.17) is 9.47 Å². The van der Waals surface area contributed by atoms with Crippen LogP contribution in [0.1, 0.15) is 54.4 Å². The van der Waals surface area contributed by atoms with E-state index in [1.54, 1.807) is 49.6 Å². The van der Waals surface area contributed by atoms with Crippen molar-refractivity contribution in [3.05, 3.63) is 48.5 Å². The Kier molecular flexibility index (Phi) is 10.7. The standard InChI is InChI=1S/C15H21NO5S.C15H21NO3S/c1-15(2,3)21-14(18)16-9-8-13(10-16)22(19,20)12-6-4-11(17)5-7-12;1-15(2,3)19-14(18)16-9-8-13(10-16)20-12-6-4-11(17)5-7-12/h4-7,13,17H,8-10H2,1-3H3;4-7,13,17H,8-10H2,1-3H3. The fraction of sp³-hybridized carbons (Fsp3) is 0.533. The fourth-order valence-corrected chi connectivity index (χ4v) is 7.18. The van der Waals surface area contributed by atoms with Crippen LogP contribution < -0.4 is 0 Å². The van der Waals surface area contributed by atoms with Gasteiger partial charge in [0.25, 0.3) is 0 Å².